The molecule has 1 aromatic heterocycles. The van der Waals surface area contributed by atoms with Crippen molar-refractivity contribution in [3.8, 4) is 0 Å². The number of aromatic nitrogens is 2. The highest BCUT2D eigenvalue weighted by molar-refractivity contribution is 7.89. The number of hydrogen-bond donors (Lipinski definition) is 3. The highest BCUT2D eigenvalue weighted by Gasteiger charge is 2.15. The van der Waals surface area contributed by atoms with Gasteiger partial charge < -0.3 is 14.9 Å². The van der Waals surface area contributed by atoms with Crippen molar-refractivity contribution in [2.75, 3.05) is 13.6 Å². The molecule has 0 saturated heterocycles. The maximum absolute atomic E-state index is 12.6. The fourth-order valence-electron chi connectivity index (χ4n) is 2.78. The smallest absolute Gasteiger partial charge is 0.314 e. The van der Waals surface area contributed by atoms with Crippen LogP contribution in [0.2, 0.25) is 0 Å². The lowest BCUT2D eigenvalue weighted by Gasteiger charge is -2.14. The minimum Gasteiger partial charge on any atom is -0.316 e. The molecule has 8 nitrogen and oxygen atoms in total. The van der Waals surface area contributed by atoms with Crippen molar-refractivity contribution in [2.45, 2.75) is 24.9 Å². The van der Waals surface area contributed by atoms with Gasteiger partial charge in [-0.3, -0.25) is 9.59 Å². The van der Waals surface area contributed by atoms with E-state index >= 15 is 0 Å². The molecule has 0 spiro atoms. The molecular formula is C19H22N4O4S. The van der Waals surface area contributed by atoms with Crippen molar-refractivity contribution < 1.29 is 8.42 Å². The van der Waals surface area contributed by atoms with Crippen LogP contribution in [0.15, 0.2) is 56.9 Å². The molecule has 0 bridgehead atoms. The summed E-state index contributed by atoms with van der Waals surface area (Å²) in [5, 5.41) is 0. The molecule has 3 aromatic rings. The van der Waals surface area contributed by atoms with Gasteiger partial charge in [0.05, 0.1) is 15.9 Å². The van der Waals surface area contributed by atoms with Crippen LogP contribution in [0.25, 0.3) is 11.0 Å². The van der Waals surface area contributed by atoms with E-state index in [-0.39, 0.29) is 17.0 Å². The van der Waals surface area contributed by atoms with Crippen molar-refractivity contribution >= 4 is 21.1 Å². The largest absolute Gasteiger partial charge is 0.316 e. The van der Waals surface area contributed by atoms with Gasteiger partial charge in [-0.15, -0.1) is 0 Å². The molecule has 3 rings (SSSR count). The molecule has 2 aromatic carbocycles. The Hall–Kier alpha value is -2.75. The minimum absolute atomic E-state index is 0.00423. The number of sulfonamides is 1. The van der Waals surface area contributed by atoms with Crippen LogP contribution in [-0.4, -0.2) is 36.9 Å². The molecule has 3 N–H and O–H groups in total. The molecule has 148 valence electrons. The van der Waals surface area contributed by atoms with E-state index in [2.05, 4.69) is 26.5 Å². The average molecular weight is 402 g/mol. The van der Waals surface area contributed by atoms with Crippen molar-refractivity contribution in [1.82, 2.24) is 19.6 Å². The Morgan fingerprint density at radius 3 is 2.36 bits per heavy atom. The van der Waals surface area contributed by atoms with Gasteiger partial charge >= 0.3 is 11.1 Å². The van der Waals surface area contributed by atoms with Crippen molar-refractivity contribution in [3.63, 3.8) is 0 Å². The zero-order valence-electron chi connectivity index (χ0n) is 15.7. The molecule has 0 saturated carbocycles. The number of fused-ring (bicyclic) bond motifs is 1. The van der Waals surface area contributed by atoms with Gasteiger partial charge in [0.2, 0.25) is 10.0 Å². The van der Waals surface area contributed by atoms with Gasteiger partial charge in [-0.25, -0.2) is 13.1 Å². The molecule has 0 amide bonds. The summed E-state index contributed by atoms with van der Waals surface area (Å²) in [6, 6.07) is 11.9. The van der Waals surface area contributed by atoms with Crippen LogP contribution in [0.1, 0.15) is 18.1 Å². The summed E-state index contributed by atoms with van der Waals surface area (Å²) in [7, 11) is -1.77. The fraction of sp³-hybridized carbons (Fsp3) is 0.263. The average Bonchev–Trinajstić information content (AvgIpc) is 2.67. The number of nitrogens with zero attached hydrogens (tertiary/aromatic N) is 1. The van der Waals surface area contributed by atoms with Gasteiger partial charge in [0.1, 0.15) is 0 Å². The molecule has 0 aliphatic heterocycles. The van der Waals surface area contributed by atoms with Crippen LogP contribution >= 0.6 is 0 Å². The first-order chi connectivity index (χ1) is 13.3. The second kappa shape index (κ2) is 8.09. The Morgan fingerprint density at radius 1 is 0.964 bits per heavy atom. The molecule has 0 atom stereocenters. The molecule has 0 unspecified atom stereocenters. The van der Waals surface area contributed by atoms with E-state index in [0.29, 0.717) is 5.52 Å². The van der Waals surface area contributed by atoms with Gasteiger partial charge in [-0.2, -0.15) is 0 Å². The van der Waals surface area contributed by atoms with Crippen LogP contribution in [-0.2, 0) is 23.1 Å². The first kappa shape index (κ1) is 20.0. The van der Waals surface area contributed by atoms with Crippen molar-refractivity contribution in [3.05, 3.63) is 74.3 Å². The van der Waals surface area contributed by atoms with E-state index in [0.717, 1.165) is 24.2 Å². The number of rotatable bonds is 7. The zero-order chi connectivity index (χ0) is 20.3. The first-order valence-corrected chi connectivity index (χ1v) is 10.3. The minimum atomic E-state index is -3.79. The van der Waals surface area contributed by atoms with Crippen LogP contribution in [0.3, 0.4) is 0 Å². The van der Waals surface area contributed by atoms with E-state index in [9.17, 15) is 18.0 Å². The number of H-pyrrole nitrogens is 2. The standard InChI is InChI=1S/C19H22N4O4S/c1-3-23(2)12-14-6-4-5-13(9-14)11-20-28(26,27)15-7-8-16-17(10-15)22-19(25)18(24)21-16/h4-10,20H,3,11-12H2,1-2H3,(H,21,24)(H,22,25). The molecule has 1 heterocycles. The van der Waals surface area contributed by atoms with E-state index in [4.69, 9.17) is 0 Å². The molecule has 28 heavy (non-hydrogen) atoms. The summed E-state index contributed by atoms with van der Waals surface area (Å²) < 4.78 is 27.8. The SMILES string of the molecule is CCN(C)Cc1cccc(CNS(=O)(=O)c2ccc3[nH]c(=O)c(=O)[nH]c3c2)c1. The zero-order valence-corrected chi connectivity index (χ0v) is 16.5. The third kappa shape index (κ3) is 4.56. The van der Waals surface area contributed by atoms with E-state index < -0.39 is 21.1 Å². The van der Waals surface area contributed by atoms with E-state index in [1.54, 1.807) is 0 Å². The van der Waals surface area contributed by atoms with Crippen LogP contribution in [0.5, 0.6) is 0 Å². The molecule has 0 aliphatic rings. The highest BCUT2D eigenvalue weighted by atomic mass is 32.2. The Labute approximate surface area is 162 Å². The molecule has 0 aliphatic carbocycles. The summed E-state index contributed by atoms with van der Waals surface area (Å²) in [6.07, 6.45) is 0. The van der Waals surface area contributed by atoms with Gasteiger partial charge in [0.15, 0.2) is 0 Å². The second-order valence-electron chi connectivity index (χ2n) is 6.59. The Morgan fingerprint density at radius 2 is 1.64 bits per heavy atom. The van der Waals surface area contributed by atoms with E-state index in [1.165, 1.54) is 18.2 Å². The Balaban J connectivity index is 1.80. The molecule has 0 radical (unpaired) electrons. The summed E-state index contributed by atoms with van der Waals surface area (Å²) >= 11 is 0. The van der Waals surface area contributed by atoms with Gasteiger partial charge in [0.25, 0.3) is 0 Å². The lowest BCUT2D eigenvalue weighted by Crippen LogP contribution is -2.29. The van der Waals surface area contributed by atoms with Gasteiger partial charge in [-0.05, 0) is 42.9 Å². The molecular weight excluding hydrogens is 380 g/mol. The number of nitrogens with one attached hydrogen (secondary N) is 3. The Bertz CT molecular complexity index is 1210. The van der Waals surface area contributed by atoms with E-state index in [1.807, 2.05) is 31.3 Å². The van der Waals surface area contributed by atoms with Crippen LogP contribution in [0, 0.1) is 0 Å². The third-order valence-electron chi connectivity index (χ3n) is 4.45. The third-order valence-corrected chi connectivity index (χ3v) is 5.85. The van der Waals surface area contributed by atoms with Crippen LogP contribution in [0.4, 0.5) is 0 Å². The first-order valence-electron chi connectivity index (χ1n) is 8.81. The molecule has 0 fully saturated rings. The molecule has 9 heteroatoms. The van der Waals surface area contributed by atoms with Crippen molar-refractivity contribution in [1.29, 1.82) is 0 Å². The highest BCUT2D eigenvalue weighted by Crippen LogP contribution is 2.15. The predicted molar refractivity (Wildman–Crippen MR) is 108 cm³/mol. The quantitative estimate of drug-likeness (QED) is 0.513. The monoisotopic (exact) mass is 402 g/mol. The maximum Gasteiger partial charge on any atom is 0.314 e. The topological polar surface area (TPSA) is 115 Å². The summed E-state index contributed by atoms with van der Waals surface area (Å²) in [4.78, 5) is 29.8. The predicted octanol–water partition coefficient (Wildman–Crippen LogP) is 1.15. The summed E-state index contributed by atoms with van der Waals surface area (Å²) in [5.74, 6) is 0. The lowest BCUT2D eigenvalue weighted by atomic mass is 10.1. The van der Waals surface area contributed by atoms with Gasteiger partial charge in [-0.1, -0.05) is 31.2 Å². The summed E-state index contributed by atoms with van der Waals surface area (Å²) in [6.45, 7) is 3.93. The second-order valence-corrected chi connectivity index (χ2v) is 8.36. The normalized spacial score (nSPS) is 12.0. The van der Waals surface area contributed by atoms with Crippen LogP contribution < -0.4 is 15.8 Å². The van der Waals surface area contributed by atoms with Gasteiger partial charge in [0, 0.05) is 13.1 Å². The Kier molecular flexibility index (Phi) is 5.78. The maximum atomic E-state index is 12.6. The number of benzene rings is 2. The number of aromatic amines is 2. The number of hydrogen-bond acceptors (Lipinski definition) is 5. The fourth-order valence-corrected chi connectivity index (χ4v) is 3.83. The van der Waals surface area contributed by atoms with Crippen molar-refractivity contribution in [2.24, 2.45) is 0 Å². The lowest BCUT2D eigenvalue weighted by molar-refractivity contribution is 0.345. The summed E-state index contributed by atoms with van der Waals surface area (Å²) in [5.41, 5.74) is 0.949.